The van der Waals surface area contributed by atoms with Crippen molar-refractivity contribution in [3.8, 4) is 6.07 Å². The van der Waals surface area contributed by atoms with E-state index in [0.717, 1.165) is 51.0 Å². The number of aromatic nitrogens is 1. The average molecular weight is 351 g/mol. The molecule has 1 aliphatic rings. The van der Waals surface area contributed by atoms with E-state index in [2.05, 4.69) is 42.2 Å². The number of hydrogen-bond donors (Lipinski definition) is 1. The van der Waals surface area contributed by atoms with Gasteiger partial charge < -0.3 is 9.67 Å². The Morgan fingerprint density at radius 2 is 1.92 bits per heavy atom. The second-order valence-corrected chi connectivity index (χ2v) is 7.52. The van der Waals surface area contributed by atoms with E-state index in [-0.39, 0.29) is 6.10 Å². The molecule has 0 aliphatic carbocycles. The third kappa shape index (κ3) is 4.35. The lowest BCUT2D eigenvalue weighted by atomic mass is 9.88. The average Bonchev–Trinajstić information content (AvgIpc) is 2.95. The maximum Gasteiger partial charge on any atom is 0.120 e. The van der Waals surface area contributed by atoms with E-state index < -0.39 is 0 Å². The van der Waals surface area contributed by atoms with Crippen molar-refractivity contribution in [1.29, 1.82) is 5.26 Å². The quantitative estimate of drug-likeness (QED) is 0.868. The van der Waals surface area contributed by atoms with Crippen LogP contribution in [0.4, 0.5) is 0 Å². The summed E-state index contributed by atoms with van der Waals surface area (Å²) in [4.78, 5) is 2.45. The predicted octanol–water partition coefficient (Wildman–Crippen LogP) is 3.41. The third-order valence-electron chi connectivity index (χ3n) is 5.90. The molecule has 0 unspecified atom stereocenters. The fourth-order valence-corrected chi connectivity index (χ4v) is 3.96. The first kappa shape index (κ1) is 18.7. The number of aryl methyl sites for hydroxylation is 1. The molecular weight excluding hydrogens is 322 g/mol. The molecule has 0 saturated carbocycles. The van der Waals surface area contributed by atoms with Crippen molar-refractivity contribution >= 4 is 0 Å². The van der Waals surface area contributed by atoms with Crippen molar-refractivity contribution < 1.29 is 5.11 Å². The zero-order valence-corrected chi connectivity index (χ0v) is 15.9. The Labute approximate surface area is 156 Å². The van der Waals surface area contributed by atoms with E-state index in [1.165, 1.54) is 16.8 Å². The smallest absolute Gasteiger partial charge is 0.120 e. The molecule has 0 spiro atoms. The topological polar surface area (TPSA) is 52.2 Å². The summed E-state index contributed by atoms with van der Waals surface area (Å²) in [6.07, 6.45) is 3.68. The second-order valence-electron chi connectivity index (χ2n) is 7.52. The van der Waals surface area contributed by atoms with Gasteiger partial charge in [-0.1, -0.05) is 30.3 Å². The fraction of sp³-hybridized carbons (Fsp3) is 0.500. The first-order valence-electron chi connectivity index (χ1n) is 9.58. The molecule has 0 bridgehead atoms. The lowest BCUT2D eigenvalue weighted by Crippen LogP contribution is -2.37. The molecule has 26 heavy (non-hydrogen) atoms. The minimum Gasteiger partial charge on any atom is -0.393 e. The van der Waals surface area contributed by atoms with Crippen LogP contribution in [0.3, 0.4) is 0 Å². The number of nitrogens with zero attached hydrogens (tertiary/aromatic N) is 3. The molecule has 4 heteroatoms. The van der Waals surface area contributed by atoms with E-state index in [9.17, 15) is 10.4 Å². The van der Waals surface area contributed by atoms with Crippen LogP contribution >= 0.6 is 0 Å². The van der Waals surface area contributed by atoms with Crippen molar-refractivity contribution in [2.75, 3.05) is 13.1 Å². The van der Waals surface area contributed by atoms with E-state index in [1.54, 1.807) is 0 Å². The van der Waals surface area contributed by atoms with Gasteiger partial charge in [-0.2, -0.15) is 5.26 Å². The number of nitriles is 1. The maximum atomic E-state index is 10.6. The minimum atomic E-state index is -0.207. The first-order chi connectivity index (χ1) is 12.6. The lowest BCUT2D eigenvalue weighted by molar-refractivity contribution is 0.0519. The Hall–Kier alpha value is -2.09. The van der Waals surface area contributed by atoms with E-state index in [4.69, 9.17) is 0 Å². The molecule has 4 nitrogen and oxygen atoms in total. The normalized spacial score (nSPS) is 17.2. The SMILES string of the molecule is Cc1c(CN2CCC([C@@H](O)CCc3ccccc3)CC2)cc(C#N)n1C. The van der Waals surface area contributed by atoms with Gasteiger partial charge in [-0.15, -0.1) is 0 Å². The summed E-state index contributed by atoms with van der Waals surface area (Å²) < 4.78 is 1.97. The Bertz CT molecular complexity index is 752. The van der Waals surface area contributed by atoms with Crippen LogP contribution in [0.25, 0.3) is 0 Å². The summed E-state index contributed by atoms with van der Waals surface area (Å²) in [5, 5.41) is 19.7. The summed E-state index contributed by atoms with van der Waals surface area (Å²) >= 11 is 0. The molecule has 3 rings (SSSR count). The van der Waals surface area contributed by atoms with E-state index in [0.29, 0.717) is 5.92 Å². The Balaban J connectivity index is 1.47. The van der Waals surface area contributed by atoms with Crippen LogP contribution in [0.5, 0.6) is 0 Å². The Kier molecular flexibility index (Phi) is 6.13. The summed E-state index contributed by atoms with van der Waals surface area (Å²) in [7, 11) is 1.95. The van der Waals surface area contributed by atoms with Crippen LogP contribution in [0, 0.1) is 24.2 Å². The Morgan fingerprint density at radius 3 is 2.54 bits per heavy atom. The molecule has 1 N–H and O–H groups in total. The number of piperidine rings is 1. The standard InChI is InChI=1S/C22H29N3O/c1-17-20(14-21(15-23)24(17)2)16-25-12-10-19(11-13-25)22(26)9-8-18-6-4-3-5-7-18/h3-7,14,19,22,26H,8-13,16H2,1-2H3/t22-/m0/s1. The van der Waals surface area contributed by atoms with Gasteiger partial charge in [-0.3, -0.25) is 4.90 Å². The second kappa shape index (κ2) is 8.53. The van der Waals surface area contributed by atoms with Gasteiger partial charge >= 0.3 is 0 Å². The summed E-state index contributed by atoms with van der Waals surface area (Å²) in [5.41, 5.74) is 4.44. The van der Waals surface area contributed by atoms with Crippen LogP contribution in [0.15, 0.2) is 36.4 Å². The van der Waals surface area contributed by atoms with Gasteiger partial charge in [0.25, 0.3) is 0 Å². The van der Waals surface area contributed by atoms with Crippen LogP contribution in [0.1, 0.15) is 41.8 Å². The number of rotatable bonds is 6. The summed E-state index contributed by atoms with van der Waals surface area (Å²) in [5.74, 6) is 0.404. The highest BCUT2D eigenvalue weighted by molar-refractivity contribution is 5.34. The lowest BCUT2D eigenvalue weighted by Gasteiger charge is -2.34. The minimum absolute atomic E-state index is 0.207. The third-order valence-corrected chi connectivity index (χ3v) is 5.90. The van der Waals surface area contributed by atoms with Crippen molar-refractivity contribution in [2.45, 2.75) is 45.3 Å². The van der Waals surface area contributed by atoms with Crippen LogP contribution in [0.2, 0.25) is 0 Å². The summed E-state index contributed by atoms with van der Waals surface area (Å²) in [6.45, 7) is 5.01. The zero-order chi connectivity index (χ0) is 18.5. The molecule has 1 atom stereocenters. The molecule has 1 saturated heterocycles. The number of likely N-dealkylation sites (tertiary alicyclic amines) is 1. The highest BCUT2D eigenvalue weighted by Gasteiger charge is 2.25. The highest BCUT2D eigenvalue weighted by atomic mass is 16.3. The molecule has 1 aromatic heterocycles. The maximum absolute atomic E-state index is 10.6. The van der Waals surface area contributed by atoms with Gasteiger partial charge in [0.1, 0.15) is 11.8 Å². The van der Waals surface area contributed by atoms with Crippen LogP contribution < -0.4 is 0 Å². The molecule has 138 valence electrons. The summed E-state index contributed by atoms with van der Waals surface area (Å²) in [6, 6.07) is 14.7. The number of aliphatic hydroxyl groups is 1. The molecule has 0 amide bonds. The van der Waals surface area contributed by atoms with Gasteiger partial charge in [0.2, 0.25) is 0 Å². The van der Waals surface area contributed by atoms with Crippen molar-refractivity contribution in [3.63, 3.8) is 0 Å². The zero-order valence-electron chi connectivity index (χ0n) is 15.9. The molecule has 1 aromatic carbocycles. The molecule has 2 heterocycles. The van der Waals surface area contributed by atoms with Crippen molar-refractivity contribution in [2.24, 2.45) is 13.0 Å². The van der Waals surface area contributed by atoms with Gasteiger partial charge in [-0.25, -0.2) is 0 Å². The number of hydrogen-bond acceptors (Lipinski definition) is 3. The first-order valence-corrected chi connectivity index (χ1v) is 9.58. The van der Waals surface area contributed by atoms with E-state index >= 15 is 0 Å². The van der Waals surface area contributed by atoms with Gasteiger partial charge in [0.05, 0.1) is 6.10 Å². The van der Waals surface area contributed by atoms with Crippen LogP contribution in [-0.2, 0) is 20.0 Å². The molecule has 2 aromatic rings. The molecule has 0 radical (unpaired) electrons. The molecule has 1 fully saturated rings. The van der Waals surface area contributed by atoms with Gasteiger partial charge in [-0.05, 0) is 68.8 Å². The molecule has 1 aliphatic heterocycles. The fourth-order valence-electron chi connectivity index (χ4n) is 3.96. The number of aliphatic hydroxyl groups excluding tert-OH is 1. The highest BCUT2D eigenvalue weighted by Crippen LogP contribution is 2.25. The van der Waals surface area contributed by atoms with E-state index in [1.807, 2.05) is 23.7 Å². The van der Waals surface area contributed by atoms with Gasteiger partial charge in [0, 0.05) is 19.3 Å². The van der Waals surface area contributed by atoms with Crippen LogP contribution in [-0.4, -0.2) is 33.8 Å². The Morgan fingerprint density at radius 1 is 1.23 bits per heavy atom. The largest absolute Gasteiger partial charge is 0.393 e. The number of benzene rings is 1. The monoisotopic (exact) mass is 351 g/mol. The predicted molar refractivity (Wildman–Crippen MR) is 104 cm³/mol. The molecular formula is C22H29N3O. The van der Waals surface area contributed by atoms with Gasteiger partial charge in [0.15, 0.2) is 0 Å². The van der Waals surface area contributed by atoms with Crippen molar-refractivity contribution in [3.05, 3.63) is 58.9 Å². The van der Waals surface area contributed by atoms with Crippen molar-refractivity contribution in [1.82, 2.24) is 9.47 Å².